The molecule has 0 unspecified atom stereocenters. The molecule has 0 radical (unpaired) electrons. The SMILES string of the molecule is CC1(C)c2ccccc2-c2ccc(N(c3cncnc3)c3ccc4c(c3)c3cccc5c3n4-c3ccccc3C5(C)C)cc21. The molecule has 44 heavy (non-hydrogen) atoms. The minimum Gasteiger partial charge on any atom is -0.309 e. The largest absolute Gasteiger partial charge is 0.309 e. The van der Waals surface area contributed by atoms with Gasteiger partial charge in [0.25, 0.3) is 0 Å². The van der Waals surface area contributed by atoms with E-state index in [1.54, 1.807) is 6.33 Å². The fourth-order valence-corrected chi connectivity index (χ4v) is 7.98. The molecule has 212 valence electrons. The number of anilines is 3. The zero-order chi connectivity index (χ0) is 29.8. The molecule has 0 atom stereocenters. The third-order valence-corrected chi connectivity index (χ3v) is 10.2. The summed E-state index contributed by atoms with van der Waals surface area (Å²) in [6.07, 6.45) is 5.40. The lowest BCUT2D eigenvalue weighted by molar-refractivity contribution is 0.630. The van der Waals surface area contributed by atoms with E-state index in [4.69, 9.17) is 0 Å². The predicted octanol–water partition coefficient (Wildman–Crippen LogP) is 9.99. The van der Waals surface area contributed by atoms with E-state index in [9.17, 15) is 0 Å². The van der Waals surface area contributed by atoms with Gasteiger partial charge in [0.1, 0.15) is 6.33 Å². The van der Waals surface area contributed by atoms with Crippen molar-refractivity contribution in [1.29, 1.82) is 0 Å². The third kappa shape index (κ3) is 3.23. The fraction of sp³-hybridized carbons (Fsp3) is 0.150. The van der Waals surface area contributed by atoms with Crippen LogP contribution in [0.1, 0.15) is 49.9 Å². The minimum absolute atomic E-state index is 0.0917. The Morgan fingerprint density at radius 3 is 2.05 bits per heavy atom. The number of aromatic nitrogens is 3. The van der Waals surface area contributed by atoms with Gasteiger partial charge in [-0.3, -0.25) is 0 Å². The number of nitrogens with zero attached hydrogens (tertiary/aromatic N) is 4. The monoisotopic (exact) mass is 568 g/mol. The highest BCUT2D eigenvalue weighted by molar-refractivity contribution is 6.12. The number of para-hydroxylation sites is 2. The van der Waals surface area contributed by atoms with Crippen LogP contribution in [0.15, 0.2) is 122 Å². The Morgan fingerprint density at radius 1 is 0.545 bits per heavy atom. The van der Waals surface area contributed by atoms with Crippen molar-refractivity contribution in [2.75, 3.05) is 4.90 Å². The first-order valence-electron chi connectivity index (χ1n) is 15.3. The molecule has 5 aromatic carbocycles. The predicted molar refractivity (Wildman–Crippen MR) is 181 cm³/mol. The van der Waals surface area contributed by atoms with Gasteiger partial charge in [-0.2, -0.15) is 0 Å². The highest BCUT2D eigenvalue weighted by Crippen LogP contribution is 2.51. The Kier molecular flexibility index (Phi) is 4.98. The summed E-state index contributed by atoms with van der Waals surface area (Å²) in [5.41, 5.74) is 14.8. The van der Waals surface area contributed by atoms with E-state index in [-0.39, 0.29) is 10.8 Å². The Morgan fingerprint density at radius 2 is 1.20 bits per heavy atom. The second-order valence-corrected chi connectivity index (χ2v) is 13.2. The summed E-state index contributed by atoms with van der Waals surface area (Å²) < 4.78 is 2.47. The van der Waals surface area contributed by atoms with E-state index in [1.165, 1.54) is 60.9 Å². The van der Waals surface area contributed by atoms with Crippen molar-refractivity contribution in [2.24, 2.45) is 0 Å². The average Bonchev–Trinajstić information content (AvgIpc) is 3.50. The quantitative estimate of drug-likeness (QED) is 0.213. The van der Waals surface area contributed by atoms with Gasteiger partial charge in [0.15, 0.2) is 0 Å². The molecule has 2 aliphatic rings. The number of hydrogen-bond acceptors (Lipinski definition) is 3. The van der Waals surface area contributed by atoms with Crippen LogP contribution in [0.4, 0.5) is 17.1 Å². The van der Waals surface area contributed by atoms with Crippen molar-refractivity contribution < 1.29 is 0 Å². The summed E-state index contributed by atoms with van der Waals surface area (Å²) in [6, 6.07) is 38.2. The van der Waals surface area contributed by atoms with E-state index in [0.717, 1.165) is 17.1 Å². The van der Waals surface area contributed by atoms with Gasteiger partial charge >= 0.3 is 0 Å². The molecule has 1 aliphatic heterocycles. The molecule has 0 spiro atoms. The van der Waals surface area contributed by atoms with Crippen LogP contribution in [0.3, 0.4) is 0 Å². The minimum atomic E-state index is -0.0932. The summed E-state index contributed by atoms with van der Waals surface area (Å²) in [5, 5.41) is 2.51. The molecule has 1 aliphatic carbocycles. The Balaban J connectivity index is 1.29. The average molecular weight is 569 g/mol. The summed E-state index contributed by atoms with van der Waals surface area (Å²) >= 11 is 0. The molecular weight excluding hydrogens is 536 g/mol. The van der Waals surface area contributed by atoms with E-state index in [1.807, 2.05) is 12.4 Å². The van der Waals surface area contributed by atoms with E-state index >= 15 is 0 Å². The Bertz CT molecular complexity index is 2290. The lowest BCUT2D eigenvalue weighted by Crippen LogP contribution is -2.26. The maximum absolute atomic E-state index is 4.42. The normalized spacial score (nSPS) is 15.2. The van der Waals surface area contributed by atoms with Crippen molar-refractivity contribution in [2.45, 2.75) is 38.5 Å². The molecule has 7 aromatic rings. The zero-order valence-electron chi connectivity index (χ0n) is 25.3. The first-order chi connectivity index (χ1) is 21.4. The lowest BCUT2D eigenvalue weighted by Gasteiger charge is -2.34. The number of rotatable bonds is 3. The molecule has 0 bridgehead atoms. The van der Waals surface area contributed by atoms with E-state index < -0.39 is 0 Å². The molecule has 0 saturated carbocycles. The van der Waals surface area contributed by atoms with Crippen LogP contribution in [0, 0.1) is 0 Å². The molecule has 0 N–H and O–H groups in total. The first-order valence-corrected chi connectivity index (χ1v) is 15.3. The van der Waals surface area contributed by atoms with Gasteiger partial charge in [0.2, 0.25) is 0 Å². The second kappa shape index (κ2) is 8.67. The molecule has 9 rings (SSSR count). The van der Waals surface area contributed by atoms with Crippen LogP contribution in [0.5, 0.6) is 0 Å². The van der Waals surface area contributed by atoms with E-state index in [2.05, 4.69) is 150 Å². The summed E-state index contributed by atoms with van der Waals surface area (Å²) in [6.45, 7) is 9.35. The molecule has 4 nitrogen and oxygen atoms in total. The lowest BCUT2D eigenvalue weighted by atomic mass is 9.75. The standard InChI is InChI=1S/C40H32N4/c1-39(2)32-12-6-5-10-28(32)29-18-16-26(21-35(29)39)43(27-22-41-24-42-23-27)25-17-19-36-31(20-25)30-11-9-14-34-38(30)44(36)37-15-8-7-13-33(37)40(34,3)4/h5-24H,1-4H3. The Labute approximate surface area is 257 Å². The highest BCUT2D eigenvalue weighted by Gasteiger charge is 2.37. The van der Waals surface area contributed by atoms with Crippen molar-refractivity contribution in [3.63, 3.8) is 0 Å². The maximum Gasteiger partial charge on any atom is 0.115 e. The molecule has 3 heterocycles. The molecule has 0 amide bonds. The van der Waals surface area contributed by atoms with Crippen molar-refractivity contribution in [3.05, 3.63) is 144 Å². The molecule has 0 fully saturated rings. The number of fused-ring (bicyclic) bond motifs is 8. The van der Waals surface area contributed by atoms with Crippen LogP contribution in [-0.2, 0) is 10.8 Å². The summed E-state index contributed by atoms with van der Waals surface area (Å²) in [5.74, 6) is 0. The second-order valence-electron chi connectivity index (χ2n) is 13.2. The summed E-state index contributed by atoms with van der Waals surface area (Å²) in [7, 11) is 0. The van der Waals surface area contributed by atoms with Crippen molar-refractivity contribution in [3.8, 4) is 16.8 Å². The summed E-state index contributed by atoms with van der Waals surface area (Å²) in [4.78, 5) is 11.1. The van der Waals surface area contributed by atoms with Crippen molar-refractivity contribution >= 4 is 38.9 Å². The highest BCUT2D eigenvalue weighted by atomic mass is 15.2. The topological polar surface area (TPSA) is 34.0 Å². The maximum atomic E-state index is 4.42. The zero-order valence-corrected chi connectivity index (χ0v) is 25.3. The molecular formula is C40H32N4. The van der Waals surface area contributed by atoms with Gasteiger partial charge in [0.05, 0.1) is 34.8 Å². The first kappa shape index (κ1) is 25.3. The van der Waals surface area contributed by atoms with Gasteiger partial charge in [0, 0.05) is 33.0 Å². The van der Waals surface area contributed by atoms with Crippen LogP contribution in [0.2, 0.25) is 0 Å². The van der Waals surface area contributed by atoms with Crippen molar-refractivity contribution in [1.82, 2.24) is 14.5 Å². The fourth-order valence-electron chi connectivity index (χ4n) is 7.98. The van der Waals surface area contributed by atoms with Gasteiger partial charge in [-0.25, -0.2) is 9.97 Å². The van der Waals surface area contributed by atoms with E-state index in [0.29, 0.717) is 0 Å². The van der Waals surface area contributed by atoms with Crippen LogP contribution >= 0.6 is 0 Å². The molecule has 2 aromatic heterocycles. The Hall–Kier alpha value is -5.22. The van der Waals surface area contributed by atoms with Gasteiger partial charge in [-0.1, -0.05) is 94.4 Å². The van der Waals surface area contributed by atoms with Gasteiger partial charge in [-0.05, 0) is 69.8 Å². The third-order valence-electron chi connectivity index (χ3n) is 10.2. The molecule has 4 heteroatoms. The number of hydrogen-bond donors (Lipinski definition) is 0. The molecule has 0 saturated heterocycles. The van der Waals surface area contributed by atoms with Gasteiger partial charge in [-0.15, -0.1) is 0 Å². The number of benzene rings is 5. The van der Waals surface area contributed by atoms with Gasteiger partial charge < -0.3 is 9.47 Å². The van der Waals surface area contributed by atoms with Crippen LogP contribution in [0.25, 0.3) is 38.6 Å². The van der Waals surface area contributed by atoms with Crippen LogP contribution in [-0.4, -0.2) is 14.5 Å². The van der Waals surface area contributed by atoms with Crippen LogP contribution < -0.4 is 4.90 Å². The smallest absolute Gasteiger partial charge is 0.115 e.